The van der Waals surface area contributed by atoms with Crippen molar-refractivity contribution in [2.24, 2.45) is 5.10 Å². The molecular weight excluding hydrogens is 372 g/mol. The van der Waals surface area contributed by atoms with Crippen LogP contribution in [0, 0.1) is 0 Å². The monoisotopic (exact) mass is 392 g/mol. The molecule has 0 saturated heterocycles. The minimum atomic E-state index is -0.288. The van der Waals surface area contributed by atoms with Crippen LogP contribution in [0.15, 0.2) is 65.1 Å². The van der Waals surface area contributed by atoms with E-state index in [-0.39, 0.29) is 11.8 Å². The van der Waals surface area contributed by atoms with Gasteiger partial charge in [0.15, 0.2) is 5.13 Å². The number of amides is 2. The maximum atomic E-state index is 12.1. The predicted molar refractivity (Wildman–Crippen MR) is 112 cm³/mol. The summed E-state index contributed by atoms with van der Waals surface area (Å²) in [6, 6.07) is 16.7. The highest BCUT2D eigenvalue weighted by atomic mass is 32.1. The van der Waals surface area contributed by atoms with E-state index in [1.54, 1.807) is 17.5 Å². The van der Waals surface area contributed by atoms with Gasteiger partial charge < -0.3 is 0 Å². The molecular formula is C21H20N4O2S. The van der Waals surface area contributed by atoms with E-state index < -0.39 is 0 Å². The lowest BCUT2D eigenvalue weighted by molar-refractivity contribution is -0.115. The molecule has 7 heteroatoms. The molecule has 1 heterocycles. The van der Waals surface area contributed by atoms with Gasteiger partial charge in [-0.1, -0.05) is 37.3 Å². The highest BCUT2D eigenvalue weighted by Crippen LogP contribution is 2.28. The average Bonchev–Trinajstić information content (AvgIpc) is 3.17. The molecule has 6 nitrogen and oxygen atoms in total. The second-order valence-electron chi connectivity index (χ2n) is 5.99. The smallest absolute Gasteiger partial charge is 0.271 e. The molecule has 0 aliphatic carbocycles. The van der Waals surface area contributed by atoms with Crippen LogP contribution in [0.1, 0.15) is 35.5 Å². The summed E-state index contributed by atoms with van der Waals surface area (Å²) < 4.78 is 0. The Morgan fingerprint density at radius 2 is 1.86 bits per heavy atom. The molecule has 0 radical (unpaired) electrons. The summed E-state index contributed by atoms with van der Waals surface area (Å²) >= 11 is 1.33. The summed E-state index contributed by atoms with van der Waals surface area (Å²) in [5.74, 6) is -0.420. The molecule has 0 atom stereocenters. The molecule has 3 aromatic rings. The number of rotatable bonds is 6. The number of para-hydroxylation sites is 1. The number of nitrogens with one attached hydrogen (secondary N) is 1. The number of carbonyl (C=O) groups excluding carboxylic acids is 2. The molecule has 1 aromatic heterocycles. The van der Waals surface area contributed by atoms with Crippen molar-refractivity contribution in [2.75, 3.05) is 4.90 Å². The molecule has 28 heavy (non-hydrogen) atoms. The van der Waals surface area contributed by atoms with Gasteiger partial charge in [0.25, 0.3) is 5.91 Å². The number of anilines is 2. The Kier molecular flexibility index (Phi) is 6.29. The Morgan fingerprint density at radius 3 is 2.50 bits per heavy atom. The van der Waals surface area contributed by atoms with Crippen LogP contribution >= 0.6 is 11.3 Å². The van der Waals surface area contributed by atoms with Crippen LogP contribution in [-0.2, 0) is 11.2 Å². The fourth-order valence-corrected chi connectivity index (χ4v) is 3.39. The topological polar surface area (TPSA) is 74.7 Å². The Morgan fingerprint density at radius 1 is 1.14 bits per heavy atom. The zero-order chi connectivity index (χ0) is 19.9. The standard InChI is InChI=1S/C21H20N4O2S/c1-3-16-9-11-17(12-10-16)20(27)24-22-13-18-14-28-21(23-18)25(15(2)26)19-7-5-4-6-8-19/h4-14H,3H2,1-2H3,(H,24,27)/b22-13-. The highest BCUT2D eigenvalue weighted by molar-refractivity contribution is 7.14. The number of aromatic nitrogens is 1. The van der Waals surface area contributed by atoms with Gasteiger partial charge in [-0.05, 0) is 36.2 Å². The van der Waals surface area contributed by atoms with Gasteiger partial charge in [-0.2, -0.15) is 5.10 Å². The molecule has 1 N–H and O–H groups in total. The SMILES string of the molecule is CCc1ccc(C(=O)N/N=C\c2csc(N(C(C)=O)c3ccccc3)n2)cc1. The first kappa shape index (κ1) is 19.4. The minimum Gasteiger partial charge on any atom is -0.274 e. The minimum absolute atomic E-state index is 0.132. The van der Waals surface area contributed by atoms with Gasteiger partial charge in [0.1, 0.15) is 0 Å². The molecule has 2 amide bonds. The lowest BCUT2D eigenvalue weighted by atomic mass is 10.1. The molecule has 0 aliphatic rings. The number of hydrogen-bond acceptors (Lipinski definition) is 5. The van der Waals surface area contributed by atoms with Gasteiger partial charge >= 0.3 is 0 Å². The van der Waals surface area contributed by atoms with E-state index in [4.69, 9.17) is 0 Å². The van der Waals surface area contributed by atoms with Gasteiger partial charge in [-0.25, -0.2) is 10.4 Å². The fraction of sp³-hybridized carbons (Fsp3) is 0.143. The number of benzene rings is 2. The third kappa shape index (κ3) is 4.69. The van der Waals surface area contributed by atoms with Crippen molar-refractivity contribution >= 4 is 40.2 Å². The van der Waals surface area contributed by atoms with Crippen molar-refractivity contribution in [2.45, 2.75) is 20.3 Å². The number of aryl methyl sites for hydroxylation is 1. The lowest BCUT2D eigenvalue weighted by Crippen LogP contribution is -2.22. The first-order chi connectivity index (χ1) is 13.6. The first-order valence-corrected chi connectivity index (χ1v) is 9.70. The molecule has 0 saturated carbocycles. The summed E-state index contributed by atoms with van der Waals surface area (Å²) in [5.41, 5.74) is 5.51. The number of hydrazone groups is 1. The molecule has 142 valence electrons. The molecule has 0 fully saturated rings. The van der Waals surface area contributed by atoms with Gasteiger partial charge in [0.2, 0.25) is 5.91 Å². The van der Waals surface area contributed by atoms with E-state index in [2.05, 4.69) is 22.4 Å². The maximum absolute atomic E-state index is 12.1. The molecule has 0 spiro atoms. The van der Waals surface area contributed by atoms with Crippen molar-refractivity contribution in [1.82, 2.24) is 10.4 Å². The Bertz CT molecular complexity index is 981. The summed E-state index contributed by atoms with van der Waals surface area (Å²) in [4.78, 5) is 30.1. The normalized spacial score (nSPS) is 10.8. The van der Waals surface area contributed by atoms with Crippen molar-refractivity contribution in [1.29, 1.82) is 0 Å². The van der Waals surface area contributed by atoms with E-state index in [1.807, 2.05) is 42.5 Å². The fourth-order valence-electron chi connectivity index (χ4n) is 2.56. The van der Waals surface area contributed by atoms with Crippen LogP contribution in [-0.4, -0.2) is 23.0 Å². The predicted octanol–water partition coefficient (Wildman–Crippen LogP) is 4.15. The summed E-state index contributed by atoms with van der Waals surface area (Å²) in [5, 5.41) is 6.29. The Hall–Kier alpha value is -3.32. The number of nitrogens with zero attached hydrogens (tertiary/aromatic N) is 3. The number of hydrogen-bond donors (Lipinski definition) is 1. The van der Waals surface area contributed by atoms with Crippen LogP contribution in [0.2, 0.25) is 0 Å². The Balaban J connectivity index is 1.67. The molecule has 0 unspecified atom stereocenters. The quantitative estimate of drug-likeness (QED) is 0.506. The molecule has 0 aliphatic heterocycles. The van der Waals surface area contributed by atoms with Crippen LogP contribution in [0.4, 0.5) is 10.8 Å². The zero-order valence-corrected chi connectivity index (χ0v) is 16.4. The first-order valence-electron chi connectivity index (χ1n) is 8.82. The second kappa shape index (κ2) is 9.05. The number of thiazole rings is 1. The van der Waals surface area contributed by atoms with E-state index in [0.29, 0.717) is 16.4 Å². The van der Waals surface area contributed by atoms with Crippen LogP contribution in [0.25, 0.3) is 0 Å². The van der Waals surface area contributed by atoms with Crippen LogP contribution in [0.3, 0.4) is 0 Å². The van der Waals surface area contributed by atoms with Crippen molar-refractivity contribution in [3.8, 4) is 0 Å². The zero-order valence-electron chi connectivity index (χ0n) is 15.6. The molecule has 2 aromatic carbocycles. The summed E-state index contributed by atoms with van der Waals surface area (Å²) in [6.07, 6.45) is 2.38. The van der Waals surface area contributed by atoms with Crippen molar-refractivity contribution in [3.05, 3.63) is 76.8 Å². The maximum Gasteiger partial charge on any atom is 0.271 e. The summed E-state index contributed by atoms with van der Waals surface area (Å²) in [7, 11) is 0. The van der Waals surface area contributed by atoms with Gasteiger partial charge in [0, 0.05) is 17.9 Å². The molecule has 0 bridgehead atoms. The third-order valence-electron chi connectivity index (χ3n) is 4.02. The van der Waals surface area contributed by atoms with Gasteiger partial charge in [0.05, 0.1) is 17.6 Å². The Labute approximate surface area is 167 Å². The van der Waals surface area contributed by atoms with Gasteiger partial charge in [-0.15, -0.1) is 11.3 Å². The average molecular weight is 392 g/mol. The van der Waals surface area contributed by atoms with E-state index >= 15 is 0 Å². The van der Waals surface area contributed by atoms with E-state index in [1.165, 1.54) is 34.9 Å². The third-order valence-corrected chi connectivity index (χ3v) is 4.86. The van der Waals surface area contributed by atoms with Crippen molar-refractivity contribution < 1.29 is 9.59 Å². The number of carbonyl (C=O) groups is 2. The van der Waals surface area contributed by atoms with E-state index in [9.17, 15) is 9.59 Å². The van der Waals surface area contributed by atoms with Crippen LogP contribution in [0.5, 0.6) is 0 Å². The summed E-state index contributed by atoms with van der Waals surface area (Å²) in [6.45, 7) is 3.55. The molecule has 3 rings (SSSR count). The largest absolute Gasteiger partial charge is 0.274 e. The van der Waals surface area contributed by atoms with Crippen LogP contribution < -0.4 is 10.3 Å². The van der Waals surface area contributed by atoms with Crippen molar-refractivity contribution in [3.63, 3.8) is 0 Å². The second-order valence-corrected chi connectivity index (χ2v) is 6.83. The lowest BCUT2D eigenvalue weighted by Gasteiger charge is -2.17. The van der Waals surface area contributed by atoms with E-state index in [0.717, 1.165) is 12.1 Å². The van der Waals surface area contributed by atoms with Gasteiger partial charge in [-0.3, -0.25) is 14.5 Å². The highest BCUT2D eigenvalue weighted by Gasteiger charge is 2.17.